The number of imidazole rings is 1. The molecule has 2 N–H and O–H groups in total. The molecule has 20 heavy (non-hydrogen) atoms. The molecule has 5 nitrogen and oxygen atoms in total. The van der Waals surface area contributed by atoms with E-state index in [2.05, 4.69) is 16.5 Å². The van der Waals surface area contributed by atoms with Crippen molar-refractivity contribution in [3.05, 3.63) is 29.6 Å². The van der Waals surface area contributed by atoms with Gasteiger partial charge < -0.3 is 14.8 Å². The van der Waals surface area contributed by atoms with Crippen molar-refractivity contribution in [1.82, 2.24) is 9.55 Å². The number of aromatic carboxylic acids is 1. The molecule has 2 aromatic rings. The average molecular weight is 276 g/mol. The molecule has 1 aromatic carbocycles. The molecule has 1 atom stereocenters. The third kappa shape index (κ3) is 2.67. The normalized spacial score (nSPS) is 12.8. The van der Waals surface area contributed by atoms with Crippen LogP contribution >= 0.6 is 0 Å². The number of aromatic nitrogens is 2. The van der Waals surface area contributed by atoms with E-state index in [0.717, 1.165) is 24.2 Å². The van der Waals surface area contributed by atoms with Crippen molar-refractivity contribution >= 4 is 17.0 Å². The molecule has 0 fully saturated rings. The quantitative estimate of drug-likeness (QED) is 0.850. The van der Waals surface area contributed by atoms with Crippen LogP contribution in [0.1, 0.15) is 48.9 Å². The number of fused-ring (bicyclic) bond motifs is 1. The van der Waals surface area contributed by atoms with E-state index in [-0.39, 0.29) is 18.2 Å². The summed E-state index contributed by atoms with van der Waals surface area (Å²) in [5, 5.41) is 18.2. The lowest BCUT2D eigenvalue weighted by Crippen LogP contribution is -2.11. The summed E-state index contributed by atoms with van der Waals surface area (Å²) in [6.45, 7) is 4.25. The molecule has 0 saturated carbocycles. The Morgan fingerprint density at radius 2 is 2.20 bits per heavy atom. The first-order valence-electron chi connectivity index (χ1n) is 6.93. The fourth-order valence-electron chi connectivity index (χ4n) is 2.49. The lowest BCUT2D eigenvalue weighted by Gasteiger charge is -2.16. The third-order valence-electron chi connectivity index (χ3n) is 3.47. The summed E-state index contributed by atoms with van der Waals surface area (Å²) in [4.78, 5) is 15.6. The number of aryl methyl sites for hydroxylation is 1. The van der Waals surface area contributed by atoms with Gasteiger partial charge in [0.1, 0.15) is 5.82 Å². The molecule has 0 amide bonds. The molecule has 0 radical (unpaired) electrons. The largest absolute Gasteiger partial charge is 0.478 e. The molecular weight excluding hydrogens is 256 g/mol. The molecule has 1 heterocycles. The van der Waals surface area contributed by atoms with Crippen molar-refractivity contribution in [2.24, 2.45) is 0 Å². The van der Waals surface area contributed by atoms with Crippen LogP contribution < -0.4 is 0 Å². The molecule has 108 valence electrons. The van der Waals surface area contributed by atoms with Gasteiger partial charge in [0.15, 0.2) is 0 Å². The Bertz CT molecular complexity index is 619. The summed E-state index contributed by atoms with van der Waals surface area (Å²) in [5.41, 5.74) is 1.89. The number of hydrogen-bond acceptors (Lipinski definition) is 3. The molecule has 0 bridgehead atoms. The summed E-state index contributed by atoms with van der Waals surface area (Å²) in [5.74, 6) is 0.00730. The summed E-state index contributed by atoms with van der Waals surface area (Å²) in [6.07, 6.45) is 2.47. The van der Waals surface area contributed by atoms with Gasteiger partial charge in [-0.25, -0.2) is 9.78 Å². The van der Waals surface area contributed by atoms with E-state index in [1.807, 2.05) is 6.92 Å². The Morgan fingerprint density at radius 1 is 1.45 bits per heavy atom. The molecule has 1 unspecified atom stereocenters. The monoisotopic (exact) mass is 276 g/mol. The number of benzene rings is 1. The minimum atomic E-state index is -0.943. The van der Waals surface area contributed by atoms with Crippen LogP contribution in [-0.4, -0.2) is 32.3 Å². The Labute approximate surface area is 117 Å². The predicted octanol–water partition coefficient (Wildman–Crippen LogP) is 2.63. The standard InChI is InChI=1S/C15H20N2O3/c1-3-4-14-16-12-9-11(15(19)20)5-6-13(12)17(14)10(2)7-8-18/h5-6,9-10,18H,3-4,7-8H2,1-2H3,(H,19,20). The molecule has 5 heteroatoms. The minimum absolute atomic E-state index is 0.125. The van der Waals surface area contributed by atoms with Crippen LogP contribution in [0.3, 0.4) is 0 Å². The van der Waals surface area contributed by atoms with E-state index in [1.54, 1.807) is 18.2 Å². The second-order valence-electron chi connectivity index (χ2n) is 5.02. The van der Waals surface area contributed by atoms with Crippen LogP contribution in [0.4, 0.5) is 0 Å². The van der Waals surface area contributed by atoms with Gasteiger partial charge in [0.2, 0.25) is 0 Å². The summed E-state index contributed by atoms with van der Waals surface area (Å²) in [6, 6.07) is 5.16. The number of hydrogen-bond donors (Lipinski definition) is 2. The fourth-order valence-corrected chi connectivity index (χ4v) is 2.49. The van der Waals surface area contributed by atoms with Gasteiger partial charge in [0.05, 0.1) is 16.6 Å². The number of aliphatic hydroxyl groups is 1. The maximum atomic E-state index is 11.0. The molecule has 0 spiro atoms. The van der Waals surface area contributed by atoms with Crippen molar-refractivity contribution in [1.29, 1.82) is 0 Å². The van der Waals surface area contributed by atoms with Crippen LogP contribution in [0.2, 0.25) is 0 Å². The second kappa shape index (κ2) is 6.05. The molecule has 0 aliphatic heterocycles. The maximum Gasteiger partial charge on any atom is 0.335 e. The van der Waals surface area contributed by atoms with Gasteiger partial charge >= 0.3 is 5.97 Å². The average Bonchev–Trinajstić information content (AvgIpc) is 2.76. The van der Waals surface area contributed by atoms with Gasteiger partial charge in [0, 0.05) is 19.1 Å². The fraction of sp³-hybridized carbons (Fsp3) is 0.467. The van der Waals surface area contributed by atoms with Crippen LogP contribution in [-0.2, 0) is 6.42 Å². The van der Waals surface area contributed by atoms with Crippen LogP contribution in [0.15, 0.2) is 18.2 Å². The Hall–Kier alpha value is -1.88. The third-order valence-corrected chi connectivity index (χ3v) is 3.47. The highest BCUT2D eigenvalue weighted by molar-refractivity contribution is 5.92. The van der Waals surface area contributed by atoms with Crippen molar-refractivity contribution in [3.8, 4) is 0 Å². The zero-order valence-corrected chi connectivity index (χ0v) is 11.8. The van der Waals surface area contributed by atoms with Gasteiger partial charge in [-0.2, -0.15) is 0 Å². The first-order valence-corrected chi connectivity index (χ1v) is 6.93. The van der Waals surface area contributed by atoms with Crippen molar-refractivity contribution in [2.75, 3.05) is 6.61 Å². The first kappa shape index (κ1) is 14.5. The Kier molecular flexibility index (Phi) is 4.39. The molecule has 0 aliphatic rings. The number of carboxylic acid groups (broad SMARTS) is 1. The van der Waals surface area contributed by atoms with E-state index in [0.29, 0.717) is 11.9 Å². The summed E-state index contributed by atoms with van der Waals surface area (Å²) >= 11 is 0. The van der Waals surface area contributed by atoms with Crippen LogP contribution in [0, 0.1) is 0 Å². The van der Waals surface area contributed by atoms with Crippen LogP contribution in [0.25, 0.3) is 11.0 Å². The zero-order valence-electron chi connectivity index (χ0n) is 11.8. The summed E-state index contributed by atoms with van der Waals surface area (Å²) < 4.78 is 2.11. The van der Waals surface area contributed by atoms with Gasteiger partial charge in [-0.15, -0.1) is 0 Å². The Morgan fingerprint density at radius 3 is 2.80 bits per heavy atom. The molecule has 2 rings (SSSR count). The highest BCUT2D eigenvalue weighted by Crippen LogP contribution is 2.25. The van der Waals surface area contributed by atoms with Crippen molar-refractivity contribution < 1.29 is 15.0 Å². The minimum Gasteiger partial charge on any atom is -0.478 e. The van der Waals surface area contributed by atoms with Crippen molar-refractivity contribution in [3.63, 3.8) is 0 Å². The summed E-state index contributed by atoms with van der Waals surface area (Å²) in [7, 11) is 0. The highest BCUT2D eigenvalue weighted by atomic mass is 16.4. The maximum absolute atomic E-state index is 11.0. The van der Waals surface area contributed by atoms with E-state index in [4.69, 9.17) is 10.2 Å². The first-order chi connectivity index (χ1) is 9.58. The number of nitrogens with zero attached hydrogens (tertiary/aromatic N) is 2. The van der Waals surface area contributed by atoms with Gasteiger partial charge in [-0.1, -0.05) is 6.92 Å². The number of aliphatic hydroxyl groups excluding tert-OH is 1. The molecule has 1 aromatic heterocycles. The lowest BCUT2D eigenvalue weighted by atomic mass is 10.2. The molecule has 0 aliphatic carbocycles. The smallest absolute Gasteiger partial charge is 0.335 e. The number of carboxylic acids is 1. The van der Waals surface area contributed by atoms with Gasteiger partial charge in [0.25, 0.3) is 0 Å². The van der Waals surface area contributed by atoms with E-state index in [9.17, 15) is 4.79 Å². The SMILES string of the molecule is CCCc1nc2cc(C(=O)O)ccc2n1C(C)CCO. The predicted molar refractivity (Wildman–Crippen MR) is 77.1 cm³/mol. The molecular formula is C15H20N2O3. The van der Waals surface area contributed by atoms with E-state index >= 15 is 0 Å². The topological polar surface area (TPSA) is 75.3 Å². The van der Waals surface area contributed by atoms with E-state index < -0.39 is 5.97 Å². The van der Waals surface area contributed by atoms with Crippen LogP contribution in [0.5, 0.6) is 0 Å². The lowest BCUT2D eigenvalue weighted by molar-refractivity contribution is 0.0697. The van der Waals surface area contributed by atoms with Gasteiger partial charge in [-0.3, -0.25) is 0 Å². The van der Waals surface area contributed by atoms with Crippen molar-refractivity contribution in [2.45, 2.75) is 39.2 Å². The zero-order chi connectivity index (χ0) is 14.7. The number of rotatable bonds is 6. The van der Waals surface area contributed by atoms with E-state index in [1.165, 1.54) is 0 Å². The molecule has 0 saturated heterocycles. The highest BCUT2D eigenvalue weighted by Gasteiger charge is 2.16. The number of carbonyl (C=O) groups is 1. The second-order valence-corrected chi connectivity index (χ2v) is 5.02. The Balaban J connectivity index is 2.57. The van der Waals surface area contributed by atoms with Gasteiger partial charge in [-0.05, 0) is 38.0 Å².